The maximum absolute atomic E-state index is 13.2. The number of thiazole rings is 2. The number of aryl methyl sites for hydroxylation is 2. The highest BCUT2D eigenvalue weighted by molar-refractivity contribution is 8.27. The maximum Gasteiger partial charge on any atom is 0.272 e. The molecule has 8 rings (SSSR count). The zero-order valence-electron chi connectivity index (χ0n) is 27.9. The van der Waals surface area contributed by atoms with Crippen molar-refractivity contribution in [2.75, 3.05) is 9.80 Å². The first kappa shape index (κ1) is 36.0. The normalized spacial score (nSPS) is 16.1. The van der Waals surface area contributed by atoms with Crippen LogP contribution < -0.4 is 9.80 Å². The Morgan fingerprint density at radius 3 is 1.30 bits per heavy atom. The van der Waals surface area contributed by atoms with Gasteiger partial charge in [0.25, 0.3) is 11.8 Å². The van der Waals surface area contributed by atoms with Crippen LogP contribution in [0.2, 0.25) is 0 Å². The quantitative estimate of drug-likeness (QED) is 0.108. The van der Waals surface area contributed by atoms with E-state index >= 15 is 0 Å². The number of aromatic hydroxyl groups is 2. The third kappa shape index (κ3) is 7.67. The lowest BCUT2D eigenvalue weighted by molar-refractivity contribution is -0.114. The van der Waals surface area contributed by atoms with Gasteiger partial charge in [-0.3, -0.25) is 9.59 Å². The van der Waals surface area contributed by atoms with Gasteiger partial charge in [-0.1, -0.05) is 121 Å². The SMILES string of the molecule is O=C1/C(=C\c2ccc(O)cc2)SC(=S)N1c1nc(-c2ccc(CCc3ccc(-c4csc(N5C(=O)/C(=C\c6ccc(O)cc6)SC5=S)n4)cc3)cc2)cs1. The number of aromatic nitrogens is 2. The summed E-state index contributed by atoms with van der Waals surface area (Å²) in [6.45, 7) is 0. The van der Waals surface area contributed by atoms with Crippen molar-refractivity contribution >= 4 is 114 Å². The van der Waals surface area contributed by atoms with Gasteiger partial charge in [0.2, 0.25) is 0 Å². The number of nitrogens with zero attached hydrogens (tertiary/aromatic N) is 4. The number of phenols is 2. The fourth-order valence-corrected chi connectivity index (χ4v) is 10.1. The summed E-state index contributed by atoms with van der Waals surface area (Å²) in [7, 11) is 0. The van der Waals surface area contributed by atoms with Crippen molar-refractivity contribution in [3.63, 3.8) is 0 Å². The number of carbonyl (C=O) groups is 2. The van der Waals surface area contributed by atoms with Crippen molar-refractivity contribution in [2.24, 2.45) is 0 Å². The van der Waals surface area contributed by atoms with Crippen LogP contribution in [0.3, 0.4) is 0 Å². The van der Waals surface area contributed by atoms with Gasteiger partial charge < -0.3 is 10.2 Å². The molecule has 2 aliphatic rings. The van der Waals surface area contributed by atoms with Gasteiger partial charge in [-0.25, -0.2) is 19.8 Å². The third-order valence-electron chi connectivity index (χ3n) is 8.54. The first-order chi connectivity index (χ1) is 26.2. The van der Waals surface area contributed by atoms with Gasteiger partial charge in [-0.15, -0.1) is 22.7 Å². The Bertz CT molecular complexity index is 2310. The molecule has 0 saturated carbocycles. The highest BCUT2D eigenvalue weighted by Gasteiger charge is 2.36. The summed E-state index contributed by atoms with van der Waals surface area (Å²) in [5, 5.41) is 24.0. The van der Waals surface area contributed by atoms with Gasteiger partial charge in [-0.05, 0) is 71.5 Å². The van der Waals surface area contributed by atoms with Gasteiger partial charge in [0.1, 0.15) is 11.5 Å². The van der Waals surface area contributed by atoms with E-state index in [0.29, 0.717) is 28.7 Å². The molecule has 2 aromatic heterocycles. The summed E-state index contributed by atoms with van der Waals surface area (Å²) < 4.78 is 0.867. The predicted octanol–water partition coefficient (Wildman–Crippen LogP) is 9.94. The standard InChI is InChI=1S/C40H26N4O4S6/c45-29-15-7-25(8-16-29)19-33-35(47)43(39(49)53-33)37-41-31(21-51-37)27-11-3-23(4-12-27)1-2-24-5-13-28(14-6-24)32-22-52-38(42-32)44-36(48)34(54-40(44)50)20-26-9-17-30(46)18-10-26/h3-22,45-46H,1-2H2/b33-19+,34-20+. The second kappa shape index (κ2) is 15.4. The van der Waals surface area contributed by atoms with Crippen molar-refractivity contribution in [1.82, 2.24) is 9.97 Å². The van der Waals surface area contributed by atoms with Crippen LogP contribution in [-0.4, -0.2) is 40.6 Å². The van der Waals surface area contributed by atoms with E-state index in [9.17, 15) is 19.8 Å². The Labute approximate surface area is 337 Å². The molecule has 0 radical (unpaired) electrons. The maximum atomic E-state index is 13.2. The average molecular weight is 819 g/mol. The average Bonchev–Trinajstić information content (AvgIpc) is 3.97. The van der Waals surface area contributed by atoms with Crippen molar-refractivity contribution in [3.8, 4) is 34.0 Å². The van der Waals surface area contributed by atoms with E-state index in [2.05, 4.69) is 24.3 Å². The van der Waals surface area contributed by atoms with E-state index in [1.54, 1.807) is 60.7 Å². The molecule has 8 nitrogen and oxygen atoms in total. The fourth-order valence-electron chi connectivity index (χ4n) is 5.68. The lowest BCUT2D eigenvalue weighted by atomic mass is 10.0. The monoisotopic (exact) mass is 818 g/mol. The molecule has 4 heterocycles. The molecule has 0 unspecified atom stereocenters. The smallest absolute Gasteiger partial charge is 0.272 e. The molecule has 2 saturated heterocycles. The number of thiocarbonyl (C=S) groups is 2. The Morgan fingerprint density at radius 2 is 0.926 bits per heavy atom. The minimum atomic E-state index is -0.212. The van der Waals surface area contributed by atoms with E-state index in [4.69, 9.17) is 34.4 Å². The topological polar surface area (TPSA) is 107 Å². The molecule has 2 aliphatic heterocycles. The summed E-state index contributed by atoms with van der Waals surface area (Å²) >= 11 is 16.3. The Balaban J connectivity index is 0.872. The summed E-state index contributed by atoms with van der Waals surface area (Å²) in [5.74, 6) is -0.0936. The van der Waals surface area contributed by atoms with Gasteiger partial charge in [0.05, 0.1) is 21.2 Å². The molecule has 4 aromatic carbocycles. The lowest BCUT2D eigenvalue weighted by Gasteiger charge is -2.09. The largest absolute Gasteiger partial charge is 0.508 e. The van der Waals surface area contributed by atoms with E-state index in [1.165, 1.54) is 67.1 Å². The van der Waals surface area contributed by atoms with E-state index in [-0.39, 0.29) is 23.3 Å². The van der Waals surface area contributed by atoms with Crippen molar-refractivity contribution in [3.05, 3.63) is 140 Å². The Kier molecular flexibility index (Phi) is 10.3. The molecule has 2 N–H and O–H groups in total. The molecule has 14 heteroatoms. The molecule has 54 heavy (non-hydrogen) atoms. The predicted molar refractivity (Wildman–Crippen MR) is 230 cm³/mol. The molecule has 266 valence electrons. The van der Waals surface area contributed by atoms with Crippen molar-refractivity contribution in [1.29, 1.82) is 0 Å². The summed E-state index contributed by atoms with van der Waals surface area (Å²) in [5.41, 5.74) is 7.46. The van der Waals surface area contributed by atoms with Gasteiger partial charge in [-0.2, -0.15) is 0 Å². The second-order valence-corrected chi connectivity index (χ2v) is 17.2. The zero-order valence-corrected chi connectivity index (χ0v) is 32.8. The number of thioether (sulfide) groups is 2. The molecular formula is C40H26N4O4S6. The number of phenolic OH excluding ortho intramolecular Hbond substituents is 2. The van der Waals surface area contributed by atoms with E-state index in [1.807, 2.05) is 35.0 Å². The van der Waals surface area contributed by atoms with Gasteiger partial charge >= 0.3 is 0 Å². The van der Waals surface area contributed by atoms with Crippen LogP contribution in [-0.2, 0) is 22.4 Å². The molecule has 6 aromatic rings. The van der Waals surface area contributed by atoms with Gasteiger partial charge in [0, 0.05) is 21.9 Å². The molecule has 0 spiro atoms. The zero-order chi connectivity index (χ0) is 37.3. The summed E-state index contributed by atoms with van der Waals surface area (Å²) in [6, 6.07) is 29.9. The van der Waals surface area contributed by atoms with Crippen LogP contribution in [0.1, 0.15) is 22.3 Å². The molecular weight excluding hydrogens is 793 g/mol. The minimum Gasteiger partial charge on any atom is -0.508 e. The highest BCUT2D eigenvalue weighted by atomic mass is 32.2. The Hall–Kier alpha value is -4.96. The Morgan fingerprint density at radius 1 is 0.556 bits per heavy atom. The van der Waals surface area contributed by atoms with Crippen molar-refractivity contribution < 1.29 is 19.8 Å². The molecule has 2 amide bonds. The van der Waals surface area contributed by atoms with Crippen LogP contribution in [0.4, 0.5) is 10.3 Å². The number of carbonyl (C=O) groups excluding carboxylic acids is 2. The fraction of sp³-hybridized carbons (Fsp3) is 0.0500. The minimum absolute atomic E-state index is 0.165. The number of amides is 2. The summed E-state index contributed by atoms with van der Waals surface area (Å²) in [4.78, 5) is 39.9. The second-order valence-electron chi connectivity index (χ2n) is 12.1. The van der Waals surface area contributed by atoms with E-state index in [0.717, 1.165) is 46.5 Å². The molecule has 2 fully saturated rings. The third-order valence-corrected chi connectivity index (χ3v) is 12.8. The lowest BCUT2D eigenvalue weighted by Crippen LogP contribution is -2.27. The van der Waals surface area contributed by atoms with Crippen LogP contribution in [0, 0.1) is 0 Å². The number of hydrogen-bond acceptors (Lipinski definition) is 12. The van der Waals surface area contributed by atoms with E-state index < -0.39 is 0 Å². The number of benzene rings is 4. The highest BCUT2D eigenvalue weighted by Crippen LogP contribution is 2.40. The van der Waals surface area contributed by atoms with Crippen LogP contribution >= 0.6 is 70.6 Å². The molecule has 0 atom stereocenters. The number of hydrogen-bond donors (Lipinski definition) is 2. The first-order valence-electron chi connectivity index (χ1n) is 16.4. The summed E-state index contributed by atoms with van der Waals surface area (Å²) in [6.07, 6.45) is 5.25. The van der Waals surface area contributed by atoms with Crippen LogP contribution in [0.25, 0.3) is 34.7 Å². The van der Waals surface area contributed by atoms with Crippen LogP contribution in [0.15, 0.2) is 118 Å². The van der Waals surface area contributed by atoms with Crippen molar-refractivity contribution in [2.45, 2.75) is 12.8 Å². The first-order valence-corrected chi connectivity index (χ1v) is 20.6. The van der Waals surface area contributed by atoms with Crippen LogP contribution in [0.5, 0.6) is 11.5 Å². The molecule has 0 bridgehead atoms. The number of rotatable bonds is 9. The number of anilines is 2. The molecule has 0 aliphatic carbocycles. The van der Waals surface area contributed by atoms with Gasteiger partial charge in [0.15, 0.2) is 18.9 Å².